The molecule has 8 nitrogen and oxygen atoms in total. The highest BCUT2D eigenvalue weighted by molar-refractivity contribution is 7.89. The van der Waals surface area contributed by atoms with Crippen LogP contribution in [0, 0.1) is 0 Å². The number of sulfonamides is 1. The van der Waals surface area contributed by atoms with Crippen molar-refractivity contribution in [2.75, 3.05) is 7.05 Å². The quantitative estimate of drug-likeness (QED) is 0.234. The standard InChI is InChI=1S/C22H19N5O3S.ClH/c1-24-31(29,30)17-8-6-15(7-9-17)14-2-4-16(5-3-14)21-12-18(22(28)27-23)19-13-25-11-10-20(19)26-21;/h2-13,24H,23H2,1H3,(H,27,28);1H. The molecule has 32 heavy (non-hydrogen) atoms. The molecule has 0 aliphatic carbocycles. The Hall–Kier alpha value is -3.37. The molecule has 2 aromatic carbocycles. The fourth-order valence-corrected chi connectivity index (χ4v) is 3.99. The summed E-state index contributed by atoms with van der Waals surface area (Å²) in [5, 5.41) is 0.613. The molecular weight excluding hydrogens is 450 g/mol. The van der Waals surface area contributed by atoms with Crippen molar-refractivity contribution in [1.29, 1.82) is 0 Å². The highest BCUT2D eigenvalue weighted by Gasteiger charge is 2.14. The normalized spacial score (nSPS) is 11.1. The summed E-state index contributed by atoms with van der Waals surface area (Å²) in [6, 6.07) is 17.7. The summed E-state index contributed by atoms with van der Waals surface area (Å²) in [5.41, 5.74) is 6.43. The number of pyridine rings is 2. The Labute approximate surface area is 191 Å². The van der Waals surface area contributed by atoms with Crippen LogP contribution < -0.4 is 16.0 Å². The van der Waals surface area contributed by atoms with Gasteiger partial charge in [-0.2, -0.15) is 0 Å². The lowest BCUT2D eigenvalue weighted by atomic mass is 10.0. The number of nitrogens with two attached hydrogens (primary N) is 1. The summed E-state index contributed by atoms with van der Waals surface area (Å²) >= 11 is 0. The lowest BCUT2D eigenvalue weighted by Crippen LogP contribution is -2.30. The number of nitrogen functional groups attached to an aromatic ring is 1. The van der Waals surface area contributed by atoms with Crippen LogP contribution >= 0.6 is 12.4 Å². The van der Waals surface area contributed by atoms with Crippen molar-refractivity contribution < 1.29 is 13.2 Å². The molecule has 0 aliphatic heterocycles. The number of rotatable bonds is 5. The van der Waals surface area contributed by atoms with Gasteiger partial charge in [-0.05, 0) is 42.4 Å². The van der Waals surface area contributed by atoms with Gasteiger partial charge in [0.2, 0.25) is 10.0 Å². The molecule has 0 aliphatic rings. The summed E-state index contributed by atoms with van der Waals surface area (Å²) in [6.07, 6.45) is 3.20. The minimum Gasteiger partial charge on any atom is -0.290 e. The van der Waals surface area contributed by atoms with E-state index in [4.69, 9.17) is 5.84 Å². The number of amides is 1. The number of carbonyl (C=O) groups is 1. The molecule has 2 aromatic heterocycles. The smallest absolute Gasteiger partial charge is 0.265 e. The summed E-state index contributed by atoms with van der Waals surface area (Å²) in [4.78, 5) is 21.1. The molecule has 0 atom stereocenters. The molecule has 1 amide bonds. The van der Waals surface area contributed by atoms with Crippen LogP contribution in [0.15, 0.2) is 78.0 Å². The highest BCUT2D eigenvalue weighted by Crippen LogP contribution is 2.27. The van der Waals surface area contributed by atoms with E-state index in [1.165, 1.54) is 7.05 Å². The van der Waals surface area contributed by atoms with Gasteiger partial charge in [0, 0.05) is 23.3 Å². The van der Waals surface area contributed by atoms with Crippen molar-refractivity contribution in [1.82, 2.24) is 20.1 Å². The fourth-order valence-electron chi connectivity index (χ4n) is 3.26. The van der Waals surface area contributed by atoms with Gasteiger partial charge in [0.05, 0.1) is 21.7 Å². The molecule has 4 N–H and O–H groups in total. The van der Waals surface area contributed by atoms with Gasteiger partial charge in [0.15, 0.2) is 0 Å². The van der Waals surface area contributed by atoms with Gasteiger partial charge in [-0.3, -0.25) is 15.2 Å². The average Bonchev–Trinajstić information content (AvgIpc) is 2.83. The van der Waals surface area contributed by atoms with Crippen LogP contribution in [-0.2, 0) is 10.0 Å². The van der Waals surface area contributed by atoms with E-state index in [0.29, 0.717) is 22.2 Å². The molecule has 0 spiro atoms. The lowest BCUT2D eigenvalue weighted by Gasteiger charge is -2.10. The van der Waals surface area contributed by atoms with E-state index in [1.54, 1.807) is 48.8 Å². The lowest BCUT2D eigenvalue weighted by molar-refractivity contribution is 0.0955. The Morgan fingerprint density at radius 2 is 1.53 bits per heavy atom. The average molecular weight is 470 g/mol. The molecule has 4 rings (SSSR count). The first-order valence-electron chi connectivity index (χ1n) is 9.33. The van der Waals surface area contributed by atoms with Gasteiger partial charge in [0.25, 0.3) is 5.91 Å². The number of nitrogens with one attached hydrogen (secondary N) is 2. The molecule has 2 heterocycles. The molecule has 4 aromatic rings. The van der Waals surface area contributed by atoms with Crippen LogP contribution in [0.25, 0.3) is 33.3 Å². The largest absolute Gasteiger partial charge is 0.290 e. The number of hydrazine groups is 1. The maximum atomic E-state index is 12.2. The molecule has 0 saturated carbocycles. The number of nitrogens with zero attached hydrogens (tertiary/aromatic N) is 2. The second-order valence-corrected chi connectivity index (χ2v) is 8.62. The molecule has 0 saturated heterocycles. The molecule has 0 bridgehead atoms. The Bertz CT molecular complexity index is 1380. The van der Waals surface area contributed by atoms with Crippen LogP contribution in [0.5, 0.6) is 0 Å². The van der Waals surface area contributed by atoms with Crippen LogP contribution in [0.3, 0.4) is 0 Å². The maximum Gasteiger partial charge on any atom is 0.265 e. The van der Waals surface area contributed by atoms with Crippen molar-refractivity contribution >= 4 is 39.2 Å². The second-order valence-electron chi connectivity index (χ2n) is 6.73. The maximum absolute atomic E-state index is 12.2. The van der Waals surface area contributed by atoms with Crippen LogP contribution in [-0.4, -0.2) is 31.3 Å². The third-order valence-electron chi connectivity index (χ3n) is 4.93. The molecule has 0 fully saturated rings. The number of hydrogen-bond acceptors (Lipinski definition) is 6. The number of carbonyl (C=O) groups excluding carboxylic acids is 1. The topological polar surface area (TPSA) is 127 Å². The van der Waals surface area contributed by atoms with Gasteiger partial charge < -0.3 is 0 Å². The number of benzene rings is 2. The Kier molecular flexibility index (Phi) is 6.85. The van der Waals surface area contributed by atoms with Crippen molar-refractivity contribution in [3.63, 3.8) is 0 Å². The first kappa shape index (κ1) is 23.3. The summed E-state index contributed by atoms with van der Waals surface area (Å²) < 4.78 is 26.1. The van der Waals surface area contributed by atoms with Crippen molar-refractivity contribution in [2.45, 2.75) is 4.90 Å². The number of halogens is 1. The van der Waals surface area contributed by atoms with E-state index >= 15 is 0 Å². The third-order valence-corrected chi connectivity index (χ3v) is 6.36. The van der Waals surface area contributed by atoms with Crippen molar-refractivity contribution in [3.8, 4) is 22.4 Å². The van der Waals surface area contributed by atoms with Crippen molar-refractivity contribution in [2.24, 2.45) is 5.84 Å². The zero-order valence-corrected chi connectivity index (χ0v) is 18.6. The van der Waals surface area contributed by atoms with E-state index in [9.17, 15) is 13.2 Å². The van der Waals surface area contributed by atoms with Gasteiger partial charge in [-0.25, -0.2) is 24.0 Å². The first-order chi connectivity index (χ1) is 14.9. The Morgan fingerprint density at radius 3 is 2.12 bits per heavy atom. The minimum absolute atomic E-state index is 0. The predicted molar refractivity (Wildman–Crippen MR) is 126 cm³/mol. The fraction of sp³-hybridized carbons (Fsp3) is 0.0455. The first-order valence-corrected chi connectivity index (χ1v) is 10.8. The summed E-state index contributed by atoms with van der Waals surface area (Å²) in [5.74, 6) is 4.91. The Balaban J connectivity index is 0.00000289. The van der Waals surface area contributed by atoms with Gasteiger partial charge in [-0.1, -0.05) is 36.4 Å². The van der Waals surface area contributed by atoms with Gasteiger partial charge in [-0.15, -0.1) is 12.4 Å². The van der Waals surface area contributed by atoms with E-state index in [-0.39, 0.29) is 17.3 Å². The van der Waals surface area contributed by atoms with Crippen molar-refractivity contribution in [3.05, 3.63) is 78.6 Å². The van der Waals surface area contributed by atoms with E-state index < -0.39 is 15.9 Å². The molecule has 10 heteroatoms. The minimum atomic E-state index is -3.48. The zero-order valence-electron chi connectivity index (χ0n) is 16.9. The van der Waals surface area contributed by atoms with Crippen LogP contribution in [0.2, 0.25) is 0 Å². The van der Waals surface area contributed by atoms with Crippen LogP contribution in [0.4, 0.5) is 0 Å². The summed E-state index contributed by atoms with van der Waals surface area (Å²) in [7, 11) is -2.10. The summed E-state index contributed by atoms with van der Waals surface area (Å²) in [6.45, 7) is 0. The van der Waals surface area contributed by atoms with E-state index in [0.717, 1.165) is 16.7 Å². The zero-order chi connectivity index (χ0) is 22.0. The van der Waals surface area contributed by atoms with E-state index in [2.05, 4.69) is 20.1 Å². The molecular formula is C22H20ClN5O3S. The Morgan fingerprint density at radius 1 is 0.938 bits per heavy atom. The highest BCUT2D eigenvalue weighted by atomic mass is 35.5. The second kappa shape index (κ2) is 9.41. The number of hydrogen-bond donors (Lipinski definition) is 3. The molecule has 164 valence electrons. The molecule has 0 radical (unpaired) electrons. The third kappa shape index (κ3) is 4.46. The van der Waals surface area contributed by atoms with Gasteiger partial charge in [0.1, 0.15) is 0 Å². The van der Waals surface area contributed by atoms with Gasteiger partial charge >= 0.3 is 0 Å². The number of aromatic nitrogens is 2. The SMILES string of the molecule is CNS(=O)(=O)c1ccc(-c2ccc(-c3cc(C(=O)NN)c4cnccc4n3)cc2)cc1.Cl. The van der Waals surface area contributed by atoms with E-state index in [1.807, 2.05) is 24.3 Å². The number of fused-ring (bicyclic) bond motifs is 1. The monoisotopic (exact) mass is 469 g/mol. The van der Waals surface area contributed by atoms with Crippen LogP contribution in [0.1, 0.15) is 10.4 Å². The predicted octanol–water partition coefficient (Wildman–Crippen LogP) is 2.90. The molecule has 0 unspecified atom stereocenters.